The average molecular weight is 392 g/mol. The first-order chi connectivity index (χ1) is 9.10. The van der Waals surface area contributed by atoms with Gasteiger partial charge in [-0.05, 0) is 50.8 Å². The van der Waals surface area contributed by atoms with Crippen LogP contribution in [-0.4, -0.2) is 25.6 Å². The molecule has 0 aromatic heterocycles. The second-order valence-corrected chi connectivity index (χ2v) is 6.19. The number of rotatable bonds is 6. The number of carbonyl (C=O) groups excluding carboxylic acids is 1. The molecular formula is C13H16Br2N2O2. The number of nitrogens with one attached hydrogen (secondary N) is 2. The first-order valence-corrected chi connectivity index (χ1v) is 7.75. The normalized spacial score (nSPS) is 14.1. The highest BCUT2D eigenvalue weighted by atomic mass is 79.9. The van der Waals surface area contributed by atoms with E-state index in [0.29, 0.717) is 19.0 Å². The number of hydrogen-bond acceptors (Lipinski definition) is 3. The van der Waals surface area contributed by atoms with E-state index in [1.165, 1.54) is 0 Å². The maximum Gasteiger partial charge on any atom is 0.221 e. The minimum atomic E-state index is 0.107. The van der Waals surface area contributed by atoms with Crippen molar-refractivity contribution in [2.45, 2.75) is 25.3 Å². The molecule has 6 heteroatoms. The van der Waals surface area contributed by atoms with E-state index in [9.17, 15) is 4.79 Å². The number of benzene rings is 1. The van der Waals surface area contributed by atoms with Gasteiger partial charge >= 0.3 is 0 Å². The molecule has 2 N–H and O–H groups in total. The highest BCUT2D eigenvalue weighted by Gasteiger charge is 2.22. The topological polar surface area (TPSA) is 50.4 Å². The van der Waals surface area contributed by atoms with Crippen LogP contribution in [0.3, 0.4) is 0 Å². The summed E-state index contributed by atoms with van der Waals surface area (Å²) in [5, 5.41) is 6.19. The fourth-order valence-electron chi connectivity index (χ4n) is 1.66. The van der Waals surface area contributed by atoms with Crippen molar-refractivity contribution >= 4 is 43.5 Å². The molecule has 1 amide bonds. The second kappa shape index (κ2) is 6.61. The van der Waals surface area contributed by atoms with Crippen LogP contribution < -0.4 is 15.4 Å². The number of ether oxygens (including phenoxy) is 1. The van der Waals surface area contributed by atoms with Crippen LogP contribution in [0.15, 0.2) is 21.1 Å². The molecule has 0 atom stereocenters. The number of carbonyl (C=O) groups is 1. The second-order valence-electron chi connectivity index (χ2n) is 4.49. The lowest BCUT2D eigenvalue weighted by molar-refractivity contribution is -0.120. The zero-order chi connectivity index (χ0) is 13.8. The first kappa shape index (κ1) is 14.7. The highest BCUT2D eigenvalue weighted by molar-refractivity contribution is 9.11. The summed E-state index contributed by atoms with van der Waals surface area (Å²) in [6, 6.07) is 4.24. The summed E-state index contributed by atoms with van der Waals surface area (Å²) in [5.74, 6) is 0.864. The van der Waals surface area contributed by atoms with Crippen LogP contribution in [0.2, 0.25) is 0 Å². The maximum atomic E-state index is 11.6. The lowest BCUT2D eigenvalue weighted by Gasteiger charge is -2.12. The maximum absolute atomic E-state index is 11.6. The number of methoxy groups -OCH3 is 1. The highest BCUT2D eigenvalue weighted by Crippen LogP contribution is 2.34. The third kappa shape index (κ3) is 4.38. The summed E-state index contributed by atoms with van der Waals surface area (Å²) >= 11 is 6.90. The van der Waals surface area contributed by atoms with Crippen molar-refractivity contribution in [2.24, 2.45) is 0 Å². The third-order valence-corrected chi connectivity index (χ3v) is 4.13. The predicted molar refractivity (Wildman–Crippen MR) is 82.7 cm³/mol. The summed E-state index contributed by atoms with van der Waals surface area (Å²) < 4.78 is 7.06. The van der Waals surface area contributed by atoms with E-state index >= 15 is 0 Å². The van der Waals surface area contributed by atoms with E-state index in [0.717, 1.165) is 33.2 Å². The number of halogens is 2. The standard InChI is InChI=1S/C13H16Br2N2O2/c1-19-12-7-11(9(14)6-10(12)15)16-5-4-13(18)17-8-2-3-8/h6-8,16H,2-5H2,1H3,(H,17,18). The number of anilines is 1. The number of hydrogen-bond donors (Lipinski definition) is 2. The van der Waals surface area contributed by atoms with Crippen molar-refractivity contribution in [3.63, 3.8) is 0 Å². The van der Waals surface area contributed by atoms with Gasteiger partial charge in [-0.2, -0.15) is 0 Å². The van der Waals surface area contributed by atoms with Crippen molar-refractivity contribution < 1.29 is 9.53 Å². The molecule has 1 fully saturated rings. The van der Waals surface area contributed by atoms with E-state index in [1.54, 1.807) is 7.11 Å². The SMILES string of the molecule is COc1cc(NCCC(=O)NC2CC2)c(Br)cc1Br. The molecule has 2 rings (SSSR count). The van der Waals surface area contributed by atoms with Crippen molar-refractivity contribution in [1.82, 2.24) is 5.32 Å². The van der Waals surface area contributed by atoms with E-state index in [4.69, 9.17) is 4.74 Å². The molecule has 0 heterocycles. The van der Waals surface area contributed by atoms with Crippen molar-refractivity contribution in [3.05, 3.63) is 21.1 Å². The molecule has 0 aliphatic heterocycles. The molecule has 0 spiro atoms. The van der Waals surface area contributed by atoms with E-state index in [1.807, 2.05) is 12.1 Å². The van der Waals surface area contributed by atoms with E-state index < -0.39 is 0 Å². The van der Waals surface area contributed by atoms with E-state index in [-0.39, 0.29) is 5.91 Å². The lowest BCUT2D eigenvalue weighted by Crippen LogP contribution is -2.27. The fraction of sp³-hybridized carbons (Fsp3) is 0.462. The Kier molecular flexibility index (Phi) is 5.10. The molecule has 0 saturated heterocycles. The Morgan fingerprint density at radius 2 is 2.11 bits per heavy atom. The Labute approximate surface area is 129 Å². The molecule has 1 aliphatic rings. The average Bonchev–Trinajstić information content (AvgIpc) is 3.15. The Morgan fingerprint density at radius 1 is 1.37 bits per heavy atom. The van der Waals surface area contributed by atoms with Gasteiger partial charge in [-0.25, -0.2) is 0 Å². The monoisotopic (exact) mass is 390 g/mol. The molecule has 4 nitrogen and oxygen atoms in total. The third-order valence-electron chi connectivity index (χ3n) is 2.85. The Hall–Kier alpha value is -0.750. The zero-order valence-electron chi connectivity index (χ0n) is 10.6. The summed E-state index contributed by atoms with van der Waals surface area (Å²) in [5.41, 5.74) is 0.916. The van der Waals surface area contributed by atoms with Gasteiger partial charge in [-0.3, -0.25) is 4.79 Å². The van der Waals surface area contributed by atoms with Gasteiger partial charge in [0.2, 0.25) is 5.91 Å². The van der Waals surface area contributed by atoms with Crippen molar-refractivity contribution in [2.75, 3.05) is 19.0 Å². The van der Waals surface area contributed by atoms with Gasteiger partial charge in [0.25, 0.3) is 0 Å². The predicted octanol–water partition coefficient (Wildman–Crippen LogP) is 3.30. The van der Waals surface area contributed by atoms with Crippen LogP contribution in [0, 0.1) is 0 Å². The van der Waals surface area contributed by atoms with Crippen molar-refractivity contribution in [1.29, 1.82) is 0 Å². The van der Waals surface area contributed by atoms with Crippen LogP contribution in [0.4, 0.5) is 5.69 Å². The molecule has 1 aliphatic carbocycles. The molecule has 1 saturated carbocycles. The van der Waals surface area contributed by atoms with Gasteiger partial charge in [0.15, 0.2) is 0 Å². The van der Waals surface area contributed by atoms with Gasteiger partial charge in [0.05, 0.1) is 17.3 Å². The van der Waals surface area contributed by atoms with Gasteiger partial charge in [0, 0.05) is 29.5 Å². The van der Waals surface area contributed by atoms with Crippen LogP contribution >= 0.6 is 31.9 Å². The first-order valence-electron chi connectivity index (χ1n) is 6.16. The summed E-state index contributed by atoms with van der Waals surface area (Å²) in [6.07, 6.45) is 2.71. The molecule has 1 aromatic carbocycles. The quantitative estimate of drug-likeness (QED) is 0.782. The molecule has 19 heavy (non-hydrogen) atoms. The minimum Gasteiger partial charge on any atom is -0.495 e. The molecule has 0 bridgehead atoms. The van der Waals surface area contributed by atoms with Crippen LogP contribution in [0.1, 0.15) is 19.3 Å². The van der Waals surface area contributed by atoms with Crippen LogP contribution in [0.25, 0.3) is 0 Å². The fourth-order valence-corrected chi connectivity index (χ4v) is 2.96. The number of amides is 1. The minimum absolute atomic E-state index is 0.107. The summed E-state index contributed by atoms with van der Waals surface area (Å²) in [4.78, 5) is 11.6. The molecule has 104 valence electrons. The molecular weight excluding hydrogens is 376 g/mol. The van der Waals surface area contributed by atoms with Crippen LogP contribution in [0.5, 0.6) is 5.75 Å². The Morgan fingerprint density at radius 3 is 2.74 bits per heavy atom. The van der Waals surface area contributed by atoms with Gasteiger partial charge in [0.1, 0.15) is 5.75 Å². The van der Waals surface area contributed by atoms with Gasteiger partial charge in [-0.15, -0.1) is 0 Å². The largest absolute Gasteiger partial charge is 0.495 e. The summed E-state index contributed by atoms with van der Waals surface area (Å²) in [7, 11) is 1.63. The Bertz CT molecular complexity index is 476. The van der Waals surface area contributed by atoms with Crippen LogP contribution in [-0.2, 0) is 4.79 Å². The smallest absolute Gasteiger partial charge is 0.221 e. The molecule has 1 aromatic rings. The van der Waals surface area contributed by atoms with Gasteiger partial charge < -0.3 is 15.4 Å². The van der Waals surface area contributed by atoms with Gasteiger partial charge in [-0.1, -0.05) is 0 Å². The van der Waals surface area contributed by atoms with Crippen molar-refractivity contribution in [3.8, 4) is 5.75 Å². The zero-order valence-corrected chi connectivity index (χ0v) is 13.8. The Balaban J connectivity index is 1.86. The summed E-state index contributed by atoms with van der Waals surface area (Å²) in [6.45, 7) is 0.599. The lowest BCUT2D eigenvalue weighted by atomic mass is 10.3. The van der Waals surface area contributed by atoms with E-state index in [2.05, 4.69) is 42.5 Å². The molecule has 0 unspecified atom stereocenters. The molecule has 0 radical (unpaired) electrons.